The summed E-state index contributed by atoms with van der Waals surface area (Å²) in [7, 11) is 0. The third-order valence-electron chi connectivity index (χ3n) is 1.99. The van der Waals surface area contributed by atoms with Gasteiger partial charge in [-0.25, -0.2) is 0 Å². The molecule has 3 unspecified atom stereocenters. The summed E-state index contributed by atoms with van der Waals surface area (Å²) < 4.78 is 5.44. The molecule has 11 heavy (non-hydrogen) atoms. The Morgan fingerprint density at radius 2 is 2.09 bits per heavy atom. The minimum Gasteiger partial charge on any atom is -0.359 e. The van der Waals surface area contributed by atoms with Gasteiger partial charge < -0.3 is 4.74 Å². The van der Waals surface area contributed by atoms with E-state index in [9.17, 15) is 0 Å². The van der Waals surface area contributed by atoms with Crippen LogP contribution in [0.2, 0.25) is 0 Å². The van der Waals surface area contributed by atoms with Crippen LogP contribution >= 0.6 is 11.6 Å². The molecule has 0 N–H and O–H groups in total. The van der Waals surface area contributed by atoms with Crippen LogP contribution in [-0.2, 0) is 4.74 Å². The van der Waals surface area contributed by atoms with E-state index in [-0.39, 0.29) is 5.56 Å². The van der Waals surface area contributed by atoms with Crippen LogP contribution < -0.4 is 0 Å². The van der Waals surface area contributed by atoms with Gasteiger partial charge in [0.2, 0.25) is 0 Å². The van der Waals surface area contributed by atoms with Crippen molar-refractivity contribution in [2.24, 2.45) is 11.8 Å². The van der Waals surface area contributed by atoms with Gasteiger partial charge in [-0.05, 0) is 31.6 Å². The average molecular weight is 177 g/mol. The highest BCUT2D eigenvalue weighted by atomic mass is 35.5. The van der Waals surface area contributed by atoms with E-state index in [1.165, 1.54) is 12.8 Å². The fourth-order valence-corrected chi connectivity index (χ4v) is 1.61. The molecule has 0 spiro atoms. The molecule has 1 nitrogen and oxygen atoms in total. The second-order valence-corrected chi connectivity index (χ2v) is 4.46. The van der Waals surface area contributed by atoms with Crippen LogP contribution in [-0.4, -0.2) is 11.7 Å². The second-order valence-electron chi connectivity index (χ2n) is 3.84. The van der Waals surface area contributed by atoms with Crippen molar-refractivity contribution in [3.05, 3.63) is 0 Å². The molecule has 1 fully saturated rings. The molecule has 0 aromatic heterocycles. The van der Waals surface area contributed by atoms with Gasteiger partial charge in [0.15, 0.2) is 0 Å². The average Bonchev–Trinajstić information content (AvgIpc) is 2.43. The molecule has 0 bridgehead atoms. The van der Waals surface area contributed by atoms with Crippen molar-refractivity contribution in [2.75, 3.05) is 0 Å². The number of alkyl halides is 1. The molecule has 0 heterocycles. The predicted octanol–water partition coefficient (Wildman–Crippen LogP) is 3.02. The highest BCUT2D eigenvalue weighted by Crippen LogP contribution is 2.39. The molecule has 1 saturated carbocycles. The Balaban J connectivity index is 2.07. The van der Waals surface area contributed by atoms with Gasteiger partial charge in [-0.1, -0.05) is 25.4 Å². The summed E-state index contributed by atoms with van der Waals surface area (Å²) in [5, 5.41) is 0. The van der Waals surface area contributed by atoms with Gasteiger partial charge in [-0.2, -0.15) is 0 Å². The molecule has 0 aromatic rings. The Morgan fingerprint density at radius 1 is 1.45 bits per heavy atom. The molecular weight excluding hydrogens is 160 g/mol. The van der Waals surface area contributed by atoms with Gasteiger partial charge in [0, 0.05) is 0 Å². The maximum absolute atomic E-state index is 5.69. The standard InChI is InChI=1S/C9H17ClO/c1-6(2)4-8-5-9(8)11-7(3)10/h6-9H,4-5H2,1-3H3. The van der Waals surface area contributed by atoms with Gasteiger partial charge >= 0.3 is 0 Å². The predicted molar refractivity (Wildman–Crippen MR) is 47.8 cm³/mol. The SMILES string of the molecule is CC(C)CC1CC1OC(C)Cl. The lowest BCUT2D eigenvalue weighted by Gasteiger charge is -2.06. The van der Waals surface area contributed by atoms with Gasteiger partial charge in [0.25, 0.3) is 0 Å². The maximum Gasteiger partial charge on any atom is 0.128 e. The Morgan fingerprint density at radius 3 is 2.55 bits per heavy atom. The summed E-state index contributed by atoms with van der Waals surface area (Å²) in [6.45, 7) is 6.38. The van der Waals surface area contributed by atoms with E-state index in [1.807, 2.05) is 6.92 Å². The molecule has 2 heteroatoms. The minimum atomic E-state index is -0.114. The first-order valence-corrected chi connectivity index (χ1v) is 4.82. The lowest BCUT2D eigenvalue weighted by atomic mass is 10.1. The van der Waals surface area contributed by atoms with Crippen molar-refractivity contribution in [3.63, 3.8) is 0 Å². The molecule has 0 radical (unpaired) electrons. The molecule has 0 amide bonds. The first-order valence-electron chi connectivity index (χ1n) is 4.39. The Hall–Kier alpha value is 0.250. The lowest BCUT2D eigenvalue weighted by molar-refractivity contribution is 0.0916. The van der Waals surface area contributed by atoms with E-state index in [2.05, 4.69) is 13.8 Å². The van der Waals surface area contributed by atoms with Gasteiger partial charge in [-0.3, -0.25) is 0 Å². The van der Waals surface area contributed by atoms with Crippen molar-refractivity contribution >= 4 is 11.6 Å². The van der Waals surface area contributed by atoms with Crippen LogP contribution in [0, 0.1) is 11.8 Å². The van der Waals surface area contributed by atoms with Crippen LogP contribution in [0.3, 0.4) is 0 Å². The number of rotatable bonds is 4. The minimum absolute atomic E-state index is 0.114. The zero-order valence-electron chi connectivity index (χ0n) is 7.51. The van der Waals surface area contributed by atoms with Gasteiger partial charge in [0.05, 0.1) is 6.10 Å². The Kier molecular flexibility index (Phi) is 3.20. The van der Waals surface area contributed by atoms with Gasteiger partial charge in [0.1, 0.15) is 5.56 Å². The van der Waals surface area contributed by atoms with Crippen LogP contribution in [0.5, 0.6) is 0 Å². The quantitative estimate of drug-likeness (QED) is 0.599. The molecule has 0 aliphatic heterocycles. The molecule has 0 saturated heterocycles. The fourth-order valence-electron chi connectivity index (χ4n) is 1.48. The van der Waals surface area contributed by atoms with Crippen LogP contribution in [0.25, 0.3) is 0 Å². The van der Waals surface area contributed by atoms with Crippen molar-refractivity contribution in [1.29, 1.82) is 0 Å². The third-order valence-corrected chi connectivity index (χ3v) is 2.10. The highest BCUT2D eigenvalue weighted by molar-refractivity contribution is 6.19. The van der Waals surface area contributed by atoms with E-state index < -0.39 is 0 Å². The lowest BCUT2D eigenvalue weighted by Crippen LogP contribution is -2.04. The summed E-state index contributed by atoms with van der Waals surface area (Å²) in [5.41, 5.74) is -0.114. The number of ether oxygens (including phenoxy) is 1. The number of hydrogen-bond donors (Lipinski definition) is 0. The van der Waals surface area contributed by atoms with Crippen molar-refractivity contribution in [1.82, 2.24) is 0 Å². The van der Waals surface area contributed by atoms with Crippen LogP contribution in [0.1, 0.15) is 33.6 Å². The summed E-state index contributed by atoms with van der Waals surface area (Å²) in [6.07, 6.45) is 2.97. The highest BCUT2D eigenvalue weighted by Gasteiger charge is 2.38. The summed E-state index contributed by atoms with van der Waals surface area (Å²) in [4.78, 5) is 0. The first-order chi connectivity index (χ1) is 5.09. The largest absolute Gasteiger partial charge is 0.359 e. The second kappa shape index (κ2) is 3.77. The molecule has 1 aliphatic carbocycles. The van der Waals surface area contributed by atoms with Crippen LogP contribution in [0.4, 0.5) is 0 Å². The molecule has 3 atom stereocenters. The Labute approximate surface area is 74.1 Å². The van der Waals surface area contributed by atoms with E-state index in [0.29, 0.717) is 6.10 Å². The monoisotopic (exact) mass is 176 g/mol. The topological polar surface area (TPSA) is 9.23 Å². The number of halogens is 1. The van der Waals surface area contributed by atoms with Crippen molar-refractivity contribution in [2.45, 2.75) is 45.3 Å². The van der Waals surface area contributed by atoms with E-state index in [4.69, 9.17) is 16.3 Å². The van der Waals surface area contributed by atoms with Gasteiger partial charge in [-0.15, -0.1) is 0 Å². The summed E-state index contributed by atoms with van der Waals surface area (Å²) in [5.74, 6) is 1.58. The summed E-state index contributed by atoms with van der Waals surface area (Å²) in [6, 6.07) is 0. The molecule has 0 aromatic carbocycles. The molecule has 66 valence electrons. The number of hydrogen-bond acceptors (Lipinski definition) is 1. The zero-order chi connectivity index (χ0) is 8.43. The maximum atomic E-state index is 5.69. The van der Waals surface area contributed by atoms with E-state index in [0.717, 1.165) is 11.8 Å². The third kappa shape index (κ3) is 3.44. The molecular formula is C9H17ClO. The Bertz CT molecular complexity index is 109. The smallest absolute Gasteiger partial charge is 0.128 e. The fraction of sp³-hybridized carbons (Fsp3) is 1.00. The van der Waals surface area contributed by atoms with E-state index >= 15 is 0 Å². The van der Waals surface area contributed by atoms with Crippen molar-refractivity contribution < 1.29 is 4.74 Å². The van der Waals surface area contributed by atoms with Crippen molar-refractivity contribution in [3.8, 4) is 0 Å². The molecule has 1 rings (SSSR count). The summed E-state index contributed by atoms with van der Waals surface area (Å²) >= 11 is 5.69. The van der Waals surface area contributed by atoms with Crippen LogP contribution in [0.15, 0.2) is 0 Å². The van der Waals surface area contributed by atoms with E-state index in [1.54, 1.807) is 0 Å². The molecule has 1 aliphatic rings. The normalized spacial score (nSPS) is 32.5. The zero-order valence-corrected chi connectivity index (χ0v) is 8.27. The first kappa shape index (κ1) is 9.34.